The number of rotatable bonds is 7. The Balaban J connectivity index is 1.34. The van der Waals surface area contributed by atoms with E-state index in [4.69, 9.17) is 0 Å². The summed E-state index contributed by atoms with van der Waals surface area (Å²) < 4.78 is 27.1. The highest BCUT2D eigenvalue weighted by atomic mass is 19.1. The standard InChI is InChI=1S/C31H32F2N4O/c32-26-17-27(33)19-28(18-26)36-30(38)21-35-31(12-14-37(15-13-31)29-6-1-2-7-29)25-10-8-23(9-11-25)24-5-3-4-22(16-24)20-34/h3-5,8-11,16-19,29,35H,1-2,6-7,12-15,21H2,(H,36,38). The number of benzene rings is 3. The summed E-state index contributed by atoms with van der Waals surface area (Å²) in [6.07, 6.45) is 6.80. The van der Waals surface area contributed by atoms with Gasteiger partial charge in [-0.2, -0.15) is 5.26 Å². The molecule has 1 amide bonds. The molecule has 0 bridgehead atoms. The Morgan fingerprint density at radius 3 is 2.29 bits per heavy atom. The van der Waals surface area contributed by atoms with Crippen molar-refractivity contribution in [3.63, 3.8) is 0 Å². The van der Waals surface area contributed by atoms with Crippen molar-refractivity contribution in [2.24, 2.45) is 0 Å². The van der Waals surface area contributed by atoms with Gasteiger partial charge < -0.3 is 10.2 Å². The van der Waals surface area contributed by atoms with Crippen LogP contribution in [0, 0.1) is 23.0 Å². The van der Waals surface area contributed by atoms with Crippen LogP contribution in [0.25, 0.3) is 11.1 Å². The van der Waals surface area contributed by atoms with E-state index in [0.717, 1.165) is 60.8 Å². The quantitative estimate of drug-likeness (QED) is 0.408. The first-order valence-electron chi connectivity index (χ1n) is 13.3. The third-order valence-electron chi connectivity index (χ3n) is 7.99. The molecule has 5 rings (SSSR count). The van der Waals surface area contributed by atoms with Crippen molar-refractivity contribution < 1.29 is 13.6 Å². The lowest BCUT2D eigenvalue weighted by Gasteiger charge is -2.45. The number of amides is 1. The monoisotopic (exact) mass is 514 g/mol. The van der Waals surface area contributed by atoms with Gasteiger partial charge in [-0.25, -0.2) is 8.78 Å². The summed E-state index contributed by atoms with van der Waals surface area (Å²) in [7, 11) is 0. The topological polar surface area (TPSA) is 68.2 Å². The summed E-state index contributed by atoms with van der Waals surface area (Å²) in [6, 6.07) is 21.7. The van der Waals surface area contributed by atoms with Gasteiger partial charge in [0.1, 0.15) is 11.6 Å². The second-order valence-corrected chi connectivity index (χ2v) is 10.4. The van der Waals surface area contributed by atoms with E-state index in [2.05, 4.69) is 45.9 Å². The van der Waals surface area contributed by atoms with Crippen molar-refractivity contribution >= 4 is 11.6 Å². The predicted molar refractivity (Wildman–Crippen MR) is 144 cm³/mol. The summed E-state index contributed by atoms with van der Waals surface area (Å²) in [4.78, 5) is 15.4. The molecule has 1 heterocycles. The van der Waals surface area contributed by atoms with Crippen LogP contribution in [0.4, 0.5) is 14.5 Å². The number of likely N-dealkylation sites (tertiary alicyclic amines) is 1. The number of nitriles is 1. The van der Waals surface area contributed by atoms with Gasteiger partial charge in [-0.05, 0) is 66.6 Å². The SMILES string of the molecule is N#Cc1cccc(-c2ccc(C3(NCC(=O)Nc4cc(F)cc(F)c4)CCN(C4CCCC4)CC3)cc2)c1. The van der Waals surface area contributed by atoms with Crippen molar-refractivity contribution in [3.8, 4) is 17.2 Å². The number of nitrogens with zero attached hydrogens (tertiary/aromatic N) is 2. The fourth-order valence-electron chi connectivity index (χ4n) is 5.94. The number of carbonyl (C=O) groups excluding carboxylic acids is 1. The summed E-state index contributed by atoms with van der Waals surface area (Å²) in [5, 5.41) is 15.4. The van der Waals surface area contributed by atoms with Gasteiger partial charge >= 0.3 is 0 Å². The van der Waals surface area contributed by atoms with Crippen molar-refractivity contribution in [3.05, 3.63) is 89.5 Å². The summed E-state index contributed by atoms with van der Waals surface area (Å²) >= 11 is 0. The lowest BCUT2D eigenvalue weighted by atomic mass is 9.79. The fourth-order valence-corrected chi connectivity index (χ4v) is 5.94. The van der Waals surface area contributed by atoms with Crippen LogP contribution in [0.3, 0.4) is 0 Å². The van der Waals surface area contributed by atoms with Crippen molar-refractivity contribution in [1.82, 2.24) is 10.2 Å². The molecule has 1 aliphatic heterocycles. The molecule has 2 fully saturated rings. The lowest BCUT2D eigenvalue weighted by molar-refractivity contribution is -0.116. The smallest absolute Gasteiger partial charge is 0.238 e. The number of hydrogen-bond donors (Lipinski definition) is 2. The molecule has 0 radical (unpaired) electrons. The number of halogens is 2. The maximum Gasteiger partial charge on any atom is 0.238 e. The Labute approximate surface area is 222 Å². The Kier molecular flexibility index (Phi) is 7.82. The first kappa shape index (κ1) is 26.0. The summed E-state index contributed by atoms with van der Waals surface area (Å²) in [5.74, 6) is -1.81. The second-order valence-electron chi connectivity index (χ2n) is 10.4. The van der Waals surface area contributed by atoms with E-state index in [0.29, 0.717) is 11.6 Å². The fraction of sp³-hybridized carbons (Fsp3) is 0.355. The van der Waals surface area contributed by atoms with Crippen LogP contribution in [-0.4, -0.2) is 36.5 Å². The number of anilines is 1. The Morgan fingerprint density at radius 2 is 1.63 bits per heavy atom. The highest BCUT2D eigenvalue weighted by Gasteiger charge is 2.38. The molecule has 2 N–H and O–H groups in total. The van der Waals surface area contributed by atoms with Crippen molar-refractivity contribution in [2.45, 2.75) is 50.1 Å². The Hall–Kier alpha value is -3.60. The van der Waals surface area contributed by atoms with Crippen LogP contribution in [0.2, 0.25) is 0 Å². The molecule has 7 heteroatoms. The molecule has 2 aliphatic rings. The molecule has 1 aliphatic carbocycles. The zero-order chi connectivity index (χ0) is 26.5. The van der Waals surface area contributed by atoms with Crippen LogP contribution in [0.15, 0.2) is 66.7 Å². The first-order valence-corrected chi connectivity index (χ1v) is 13.3. The molecule has 0 aromatic heterocycles. The molecule has 1 saturated heterocycles. The van der Waals surface area contributed by atoms with E-state index in [9.17, 15) is 18.8 Å². The molecule has 0 atom stereocenters. The van der Waals surface area contributed by atoms with Gasteiger partial charge in [-0.3, -0.25) is 10.1 Å². The van der Waals surface area contributed by atoms with Crippen LogP contribution in [0.5, 0.6) is 0 Å². The van der Waals surface area contributed by atoms with E-state index in [1.807, 2.05) is 18.2 Å². The summed E-state index contributed by atoms with van der Waals surface area (Å²) in [6.45, 7) is 1.91. The Morgan fingerprint density at radius 1 is 0.947 bits per heavy atom. The molecule has 3 aromatic carbocycles. The van der Waals surface area contributed by atoms with Gasteiger partial charge in [0.15, 0.2) is 0 Å². The maximum absolute atomic E-state index is 13.6. The van der Waals surface area contributed by atoms with E-state index in [1.54, 1.807) is 6.07 Å². The molecule has 38 heavy (non-hydrogen) atoms. The molecular formula is C31H32F2N4O. The average Bonchev–Trinajstić information content (AvgIpc) is 3.47. The molecule has 0 spiro atoms. The minimum absolute atomic E-state index is 0.0214. The van der Waals surface area contributed by atoms with Gasteiger partial charge in [0.25, 0.3) is 0 Å². The molecule has 1 saturated carbocycles. The van der Waals surface area contributed by atoms with E-state index in [1.165, 1.54) is 25.7 Å². The average molecular weight is 515 g/mol. The van der Waals surface area contributed by atoms with Gasteiger partial charge in [0.2, 0.25) is 5.91 Å². The number of hydrogen-bond acceptors (Lipinski definition) is 4. The van der Waals surface area contributed by atoms with E-state index >= 15 is 0 Å². The van der Waals surface area contributed by atoms with Crippen molar-refractivity contribution in [1.29, 1.82) is 5.26 Å². The van der Waals surface area contributed by atoms with Gasteiger partial charge in [0.05, 0.1) is 18.2 Å². The number of carbonyl (C=O) groups is 1. The minimum Gasteiger partial charge on any atom is -0.325 e. The van der Waals surface area contributed by atoms with Crippen LogP contribution >= 0.6 is 0 Å². The van der Waals surface area contributed by atoms with Crippen LogP contribution in [-0.2, 0) is 10.3 Å². The zero-order valence-corrected chi connectivity index (χ0v) is 21.4. The number of piperidine rings is 1. The maximum atomic E-state index is 13.6. The van der Waals surface area contributed by atoms with Crippen LogP contribution in [0.1, 0.15) is 49.7 Å². The Bertz CT molecular complexity index is 1300. The minimum atomic E-state index is -0.732. The zero-order valence-electron chi connectivity index (χ0n) is 21.4. The van der Waals surface area contributed by atoms with Gasteiger partial charge in [-0.1, -0.05) is 49.2 Å². The highest BCUT2D eigenvalue weighted by molar-refractivity contribution is 5.92. The molecule has 0 unspecified atom stereocenters. The third kappa shape index (κ3) is 5.93. The molecular weight excluding hydrogens is 482 g/mol. The lowest BCUT2D eigenvalue weighted by Crippen LogP contribution is -2.54. The van der Waals surface area contributed by atoms with Crippen LogP contribution < -0.4 is 10.6 Å². The normalized spacial score (nSPS) is 17.7. The van der Waals surface area contributed by atoms with Gasteiger partial charge in [0, 0.05) is 36.4 Å². The van der Waals surface area contributed by atoms with E-state index in [-0.39, 0.29) is 18.1 Å². The molecule has 5 nitrogen and oxygen atoms in total. The second kappa shape index (κ2) is 11.4. The molecule has 3 aromatic rings. The molecule has 196 valence electrons. The largest absolute Gasteiger partial charge is 0.325 e. The van der Waals surface area contributed by atoms with Gasteiger partial charge in [-0.15, -0.1) is 0 Å². The summed E-state index contributed by atoms with van der Waals surface area (Å²) in [5.41, 5.74) is 3.43. The highest BCUT2D eigenvalue weighted by Crippen LogP contribution is 2.37. The van der Waals surface area contributed by atoms with Crippen molar-refractivity contribution in [2.75, 3.05) is 25.0 Å². The number of nitrogens with one attached hydrogen (secondary N) is 2. The third-order valence-corrected chi connectivity index (χ3v) is 7.99. The predicted octanol–water partition coefficient (Wildman–Crippen LogP) is 5.97. The van der Waals surface area contributed by atoms with E-state index < -0.39 is 17.2 Å². The first-order chi connectivity index (χ1) is 18.4.